The van der Waals surface area contributed by atoms with Crippen molar-refractivity contribution in [1.29, 1.82) is 0 Å². The number of nitrogens with zero attached hydrogens (tertiary/aromatic N) is 1. The van der Waals surface area contributed by atoms with Crippen LogP contribution in [0.25, 0.3) is 0 Å². The van der Waals surface area contributed by atoms with Gasteiger partial charge < -0.3 is 10.6 Å². The van der Waals surface area contributed by atoms with E-state index in [9.17, 15) is 0 Å². The quantitative estimate of drug-likeness (QED) is 0.782. The Morgan fingerprint density at radius 1 is 1.10 bits per heavy atom. The third kappa shape index (κ3) is 4.28. The van der Waals surface area contributed by atoms with Crippen molar-refractivity contribution in [3.8, 4) is 0 Å². The molecule has 0 saturated carbocycles. The molecule has 1 aromatic heterocycles. The zero-order valence-electron chi connectivity index (χ0n) is 11.4. The van der Waals surface area contributed by atoms with Crippen LogP contribution < -0.4 is 10.6 Å². The molecule has 0 saturated heterocycles. The Labute approximate surface area is 132 Å². The Hall–Kier alpha value is -1.46. The van der Waals surface area contributed by atoms with Crippen molar-refractivity contribution in [2.24, 2.45) is 0 Å². The Kier molecular flexibility index (Phi) is 5.09. The largest absolute Gasteiger partial charge is 0.332 e. The number of aromatic nitrogens is 1. The molecule has 0 aliphatic carbocycles. The average molecular weight is 350 g/mol. The fourth-order valence-electron chi connectivity index (χ4n) is 1.68. The van der Waals surface area contributed by atoms with Gasteiger partial charge in [0.2, 0.25) is 0 Å². The van der Waals surface area contributed by atoms with E-state index < -0.39 is 0 Å². The summed E-state index contributed by atoms with van der Waals surface area (Å²) in [4.78, 5) is 4.21. The lowest BCUT2D eigenvalue weighted by atomic mass is 10.0. The van der Waals surface area contributed by atoms with Crippen molar-refractivity contribution in [2.45, 2.75) is 19.8 Å². The van der Waals surface area contributed by atoms with Gasteiger partial charge in [-0.15, -0.1) is 0 Å². The molecule has 0 atom stereocenters. The number of pyridine rings is 1. The number of anilines is 2. The molecule has 1 heterocycles. The molecular formula is C15H16BrN3S. The summed E-state index contributed by atoms with van der Waals surface area (Å²) >= 11 is 8.61. The van der Waals surface area contributed by atoms with Gasteiger partial charge in [0, 0.05) is 16.4 Å². The SMILES string of the molecule is CC(C)c1ccc(NC(=S)Nc2ccc(Br)cn2)cc1. The van der Waals surface area contributed by atoms with Crippen molar-refractivity contribution in [1.82, 2.24) is 4.98 Å². The summed E-state index contributed by atoms with van der Waals surface area (Å²) < 4.78 is 0.936. The second kappa shape index (κ2) is 6.81. The first-order chi connectivity index (χ1) is 9.54. The van der Waals surface area contributed by atoms with E-state index >= 15 is 0 Å². The van der Waals surface area contributed by atoms with Crippen LogP contribution in [0.2, 0.25) is 0 Å². The van der Waals surface area contributed by atoms with Gasteiger partial charge in [0.15, 0.2) is 5.11 Å². The maximum Gasteiger partial charge on any atom is 0.176 e. The lowest BCUT2D eigenvalue weighted by Gasteiger charge is -2.11. The first-order valence-electron chi connectivity index (χ1n) is 6.34. The van der Waals surface area contributed by atoms with Crippen LogP contribution in [0, 0.1) is 0 Å². The van der Waals surface area contributed by atoms with Gasteiger partial charge in [0.1, 0.15) is 5.82 Å². The molecule has 0 fully saturated rings. The smallest absolute Gasteiger partial charge is 0.176 e. The predicted molar refractivity (Wildman–Crippen MR) is 92.3 cm³/mol. The number of benzene rings is 1. The minimum Gasteiger partial charge on any atom is -0.332 e. The topological polar surface area (TPSA) is 37.0 Å². The molecule has 20 heavy (non-hydrogen) atoms. The van der Waals surface area contributed by atoms with Gasteiger partial charge in [0.25, 0.3) is 0 Å². The summed E-state index contributed by atoms with van der Waals surface area (Å²) in [6, 6.07) is 12.0. The van der Waals surface area contributed by atoms with Gasteiger partial charge in [-0.25, -0.2) is 4.98 Å². The van der Waals surface area contributed by atoms with Crippen LogP contribution in [-0.2, 0) is 0 Å². The van der Waals surface area contributed by atoms with Gasteiger partial charge in [-0.2, -0.15) is 0 Å². The van der Waals surface area contributed by atoms with Gasteiger partial charge in [-0.1, -0.05) is 26.0 Å². The fourth-order valence-corrected chi connectivity index (χ4v) is 2.14. The van der Waals surface area contributed by atoms with Gasteiger partial charge in [0.05, 0.1) is 0 Å². The fraction of sp³-hybridized carbons (Fsp3) is 0.200. The molecule has 2 aromatic rings. The molecule has 5 heteroatoms. The molecule has 0 aliphatic rings. The molecule has 0 aliphatic heterocycles. The highest BCUT2D eigenvalue weighted by atomic mass is 79.9. The summed E-state index contributed by atoms with van der Waals surface area (Å²) in [6.07, 6.45) is 1.72. The number of nitrogens with one attached hydrogen (secondary N) is 2. The number of hydrogen-bond donors (Lipinski definition) is 2. The van der Waals surface area contributed by atoms with E-state index in [4.69, 9.17) is 12.2 Å². The van der Waals surface area contributed by atoms with E-state index in [1.165, 1.54) is 5.56 Å². The van der Waals surface area contributed by atoms with Gasteiger partial charge >= 0.3 is 0 Å². The van der Waals surface area contributed by atoms with Crippen LogP contribution in [0.4, 0.5) is 11.5 Å². The molecular weight excluding hydrogens is 334 g/mol. The Morgan fingerprint density at radius 3 is 2.35 bits per heavy atom. The molecule has 2 rings (SSSR count). The van der Waals surface area contributed by atoms with Gasteiger partial charge in [-0.3, -0.25) is 0 Å². The highest BCUT2D eigenvalue weighted by molar-refractivity contribution is 9.10. The highest BCUT2D eigenvalue weighted by Gasteiger charge is 2.02. The van der Waals surface area contributed by atoms with Crippen LogP contribution in [0.1, 0.15) is 25.3 Å². The second-order valence-corrected chi connectivity index (χ2v) is 6.04. The summed E-state index contributed by atoms with van der Waals surface area (Å²) in [5.41, 5.74) is 2.27. The lowest BCUT2D eigenvalue weighted by molar-refractivity contribution is 0.867. The zero-order valence-corrected chi connectivity index (χ0v) is 13.8. The normalized spacial score (nSPS) is 10.4. The van der Waals surface area contributed by atoms with E-state index in [1.54, 1.807) is 6.20 Å². The molecule has 104 valence electrons. The van der Waals surface area contributed by atoms with Crippen molar-refractivity contribution in [3.05, 3.63) is 52.6 Å². The van der Waals surface area contributed by atoms with Crippen LogP contribution in [0.5, 0.6) is 0 Å². The molecule has 0 amide bonds. The van der Waals surface area contributed by atoms with Crippen molar-refractivity contribution >= 4 is 44.8 Å². The van der Waals surface area contributed by atoms with Gasteiger partial charge in [-0.05, 0) is 63.9 Å². The van der Waals surface area contributed by atoms with Crippen molar-refractivity contribution < 1.29 is 0 Å². The lowest BCUT2D eigenvalue weighted by Crippen LogP contribution is -2.19. The zero-order chi connectivity index (χ0) is 14.5. The van der Waals surface area contributed by atoms with Crippen LogP contribution in [0.3, 0.4) is 0 Å². The standard InChI is InChI=1S/C15H16BrN3S/c1-10(2)11-3-6-13(7-4-11)18-15(20)19-14-8-5-12(16)9-17-14/h3-10H,1-2H3,(H2,17,18,19,20). The third-order valence-corrected chi connectivity index (χ3v) is 3.48. The summed E-state index contributed by atoms with van der Waals surface area (Å²) in [5.74, 6) is 1.24. The molecule has 2 N–H and O–H groups in total. The second-order valence-electron chi connectivity index (χ2n) is 4.72. The maximum atomic E-state index is 5.26. The van der Waals surface area contributed by atoms with Crippen molar-refractivity contribution in [2.75, 3.05) is 10.6 Å². The molecule has 1 aromatic carbocycles. The predicted octanol–water partition coefficient (Wildman–Crippen LogP) is 4.78. The van der Waals surface area contributed by atoms with E-state index in [1.807, 2.05) is 24.3 Å². The number of rotatable bonds is 3. The summed E-state index contributed by atoms with van der Waals surface area (Å²) in [6.45, 7) is 4.35. The first kappa shape index (κ1) is 14.9. The molecule has 0 unspecified atom stereocenters. The van der Waals surface area contributed by atoms with E-state index in [-0.39, 0.29) is 0 Å². The first-order valence-corrected chi connectivity index (χ1v) is 7.54. The Morgan fingerprint density at radius 2 is 1.80 bits per heavy atom. The minimum atomic E-state index is 0.525. The Bertz CT molecular complexity index is 579. The molecule has 0 spiro atoms. The molecule has 0 radical (unpaired) electrons. The molecule has 3 nitrogen and oxygen atoms in total. The third-order valence-electron chi connectivity index (χ3n) is 2.80. The van der Waals surface area contributed by atoms with E-state index in [0.29, 0.717) is 16.8 Å². The van der Waals surface area contributed by atoms with E-state index in [2.05, 4.69) is 57.5 Å². The highest BCUT2D eigenvalue weighted by Crippen LogP contribution is 2.17. The summed E-state index contributed by atoms with van der Waals surface area (Å²) in [5, 5.41) is 6.71. The van der Waals surface area contributed by atoms with E-state index in [0.717, 1.165) is 10.2 Å². The number of halogens is 1. The minimum absolute atomic E-state index is 0.525. The summed E-state index contributed by atoms with van der Waals surface area (Å²) in [7, 11) is 0. The maximum absolute atomic E-state index is 5.26. The van der Waals surface area contributed by atoms with Crippen LogP contribution in [-0.4, -0.2) is 10.1 Å². The van der Waals surface area contributed by atoms with Crippen molar-refractivity contribution in [3.63, 3.8) is 0 Å². The van der Waals surface area contributed by atoms with Crippen LogP contribution in [0.15, 0.2) is 47.1 Å². The number of thiocarbonyl (C=S) groups is 1. The molecule has 0 bridgehead atoms. The average Bonchev–Trinajstić information content (AvgIpc) is 2.42. The number of hydrogen-bond acceptors (Lipinski definition) is 2. The van der Waals surface area contributed by atoms with Crippen LogP contribution >= 0.6 is 28.1 Å². The monoisotopic (exact) mass is 349 g/mol. The Balaban J connectivity index is 1.95.